The average Bonchev–Trinajstić information content (AvgIpc) is 3.66. The zero-order chi connectivity index (χ0) is 29.5. The van der Waals surface area contributed by atoms with Crippen LogP contribution in [0.5, 0.6) is 0 Å². The Labute approximate surface area is 244 Å². The second-order valence-corrected chi connectivity index (χ2v) is 13.2. The third kappa shape index (κ3) is 4.67. The van der Waals surface area contributed by atoms with Gasteiger partial charge in [0, 0.05) is 11.8 Å². The number of carbonyl (C=O) groups is 3. The van der Waals surface area contributed by atoms with Gasteiger partial charge < -0.3 is 19.6 Å². The molecular formula is C30H39N5O5S. The molecule has 0 saturated carbocycles. The summed E-state index contributed by atoms with van der Waals surface area (Å²) in [5, 5.41) is 18.9. The molecule has 0 radical (unpaired) electrons. The van der Waals surface area contributed by atoms with Gasteiger partial charge >= 0.3 is 5.97 Å². The Balaban J connectivity index is 1.57. The van der Waals surface area contributed by atoms with Gasteiger partial charge in [-0.2, -0.15) is 0 Å². The molecule has 11 heteroatoms. The van der Waals surface area contributed by atoms with Gasteiger partial charge in [0.25, 0.3) is 0 Å². The minimum Gasteiger partial charge on any atom is -0.465 e. The lowest BCUT2D eigenvalue weighted by molar-refractivity contribution is -0.155. The molecule has 5 rings (SSSR count). The molecule has 4 heterocycles. The lowest BCUT2D eigenvalue weighted by Crippen LogP contribution is -2.60. The topological polar surface area (TPSA) is 118 Å². The molecule has 2 bridgehead atoms. The van der Waals surface area contributed by atoms with Crippen molar-refractivity contribution in [3.05, 3.63) is 49.6 Å². The third-order valence-corrected chi connectivity index (χ3v) is 11.0. The number of aliphatic hydroxyl groups excluding tert-OH is 1. The number of para-hydroxylation sites is 1. The molecule has 220 valence electrons. The largest absolute Gasteiger partial charge is 0.465 e. The lowest BCUT2D eigenvalue weighted by Gasteiger charge is -2.42. The van der Waals surface area contributed by atoms with Crippen LogP contribution in [0.4, 0.5) is 0 Å². The van der Waals surface area contributed by atoms with E-state index in [9.17, 15) is 19.5 Å². The fourth-order valence-electron chi connectivity index (χ4n) is 7.05. The minimum atomic E-state index is -0.870. The van der Waals surface area contributed by atoms with Crippen molar-refractivity contribution in [2.24, 2.45) is 23.7 Å². The van der Waals surface area contributed by atoms with Gasteiger partial charge in [-0.15, -0.1) is 30.0 Å². The Hall–Kier alpha value is -3.18. The number of ether oxygens (including phenoxy) is 1. The summed E-state index contributed by atoms with van der Waals surface area (Å²) >= 11 is 1.59. The molecule has 3 fully saturated rings. The maximum absolute atomic E-state index is 14.8. The van der Waals surface area contributed by atoms with Crippen molar-refractivity contribution in [3.63, 3.8) is 0 Å². The number of likely N-dealkylation sites (tertiary alicyclic amines) is 1. The number of aliphatic hydroxyl groups is 1. The number of nitrogens with zero attached hydrogens (tertiary/aromatic N) is 5. The van der Waals surface area contributed by atoms with E-state index in [0.717, 1.165) is 5.52 Å². The number of carbonyl (C=O) groups excluding carboxylic acids is 3. The summed E-state index contributed by atoms with van der Waals surface area (Å²) in [4.78, 5) is 45.8. The number of esters is 1. The number of thioether (sulfide) groups is 1. The van der Waals surface area contributed by atoms with Crippen molar-refractivity contribution in [3.8, 4) is 0 Å². The van der Waals surface area contributed by atoms with Crippen molar-refractivity contribution >= 4 is 40.6 Å². The van der Waals surface area contributed by atoms with Crippen LogP contribution in [0.2, 0.25) is 0 Å². The maximum atomic E-state index is 14.8. The highest BCUT2D eigenvalue weighted by Gasteiger charge is 2.77. The van der Waals surface area contributed by atoms with E-state index in [4.69, 9.17) is 4.74 Å². The summed E-state index contributed by atoms with van der Waals surface area (Å²) in [6.07, 6.45) is 4.57. The van der Waals surface area contributed by atoms with Gasteiger partial charge in [-0.25, -0.2) is 4.68 Å². The first-order chi connectivity index (χ1) is 19.7. The second kappa shape index (κ2) is 11.6. The molecule has 1 aromatic carbocycles. The summed E-state index contributed by atoms with van der Waals surface area (Å²) in [7, 11) is 0. The normalized spacial score (nSPS) is 29.1. The van der Waals surface area contributed by atoms with E-state index < -0.39 is 34.6 Å². The molecule has 2 amide bonds. The SMILES string of the molecule is C=CCCOC(=O)[C@@H]1[C@H]2C(=O)N([C@@H](CO)C(C)C)C(C(=O)N(CC=C)Cn3nnc4ccccc43)C23S[C@@H]1CC3C. The number of benzene rings is 1. The monoisotopic (exact) mass is 581 g/mol. The maximum Gasteiger partial charge on any atom is 0.310 e. The van der Waals surface area contributed by atoms with Gasteiger partial charge in [-0.1, -0.05) is 50.3 Å². The number of fused-ring (bicyclic) bond motifs is 2. The smallest absolute Gasteiger partial charge is 0.310 e. The average molecular weight is 582 g/mol. The Morgan fingerprint density at radius 3 is 2.73 bits per heavy atom. The summed E-state index contributed by atoms with van der Waals surface area (Å²) in [6.45, 7) is 13.8. The molecule has 1 spiro atoms. The number of hydrogen-bond acceptors (Lipinski definition) is 8. The van der Waals surface area contributed by atoms with Crippen LogP contribution in [0.3, 0.4) is 0 Å². The fourth-order valence-corrected chi connectivity index (χ4v) is 9.44. The first kappa shape index (κ1) is 29.3. The van der Waals surface area contributed by atoms with Gasteiger partial charge in [0.2, 0.25) is 11.8 Å². The standard InChI is InChI=1S/C30H39N5O5S/c1-6-8-14-40-29(39)24-23-15-19(5)30(41-23)25(24)27(37)35(22(16-36)18(3)4)26(30)28(38)33(13-7-2)17-34-21-12-10-9-11-20(21)31-32-34/h6-7,9-12,18-19,22-26,36H,1-2,8,13-17H2,3-5H3/t19?,22-,23+,24-,25-,26?,30?/m0/s1. The van der Waals surface area contributed by atoms with E-state index in [2.05, 4.69) is 30.4 Å². The van der Waals surface area contributed by atoms with Crippen LogP contribution in [0, 0.1) is 23.7 Å². The van der Waals surface area contributed by atoms with Crippen molar-refractivity contribution < 1.29 is 24.2 Å². The van der Waals surface area contributed by atoms with Crippen molar-refractivity contribution in [2.45, 2.75) is 62.4 Å². The van der Waals surface area contributed by atoms with E-state index in [0.29, 0.717) is 18.4 Å². The van der Waals surface area contributed by atoms with Crippen LogP contribution in [0.25, 0.3) is 11.0 Å². The molecule has 3 aliphatic heterocycles. The Bertz CT molecular complexity index is 1350. The Morgan fingerprint density at radius 1 is 1.29 bits per heavy atom. The Morgan fingerprint density at radius 2 is 2.05 bits per heavy atom. The molecule has 2 aromatic rings. The van der Waals surface area contributed by atoms with Crippen LogP contribution in [0.1, 0.15) is 33.6 Å². The molecule has 3 saturated heterocycles. The summed E-state index contributed by atoms with van der Waals surface area (Å²) in [5.74, 6) is -2.38. The van der Waals surface area contributed by atoms with E-state index in [-0.39, 0.29) is 55.3 Å². The molecule has 41 heavy (non-hydrogen) atoms. The molecular weight excluding hydrogens is 542 g/mol. The molecule has 7 atom stereocenters. The predicted octanol–water partition coefficient (Wildman–Crippen LogP) is 2.88. The van der Waals surface area contributed by atoms with E-state index in [1.807, 2.05) is 38.1 Å². The van der Waals surface area contributed by atoms with Gasteiger partial charge in [-0.05, 0) is 36.8 Å². The number of aromatic nitrogens is 3. The van der Waals surface area contributed by atoms with Crippen LogP contribution in [0.15, 0.2) is 49.6 Å². The van der Waals surface area contributed by atoms with E-state index >= 15 is 0 Å². The highest BCUT2D eigenvalue weighted by molar-refractivity contribution is 8.02. The van der Waals surface area contributed by atoms with Crippen molar-refractivity contribution in [2.75, 3.05) is 19.8 Å². The summed E-state index contributed by atoms with van der Waals surface area (Å²) in [6, 6.07) is 6.07. The molecule has 1 N–H and O–H groups in total. The van der Waals surface area contributed by atoms with Gasteiger partial charge in [0.05, 0.1) is 41.4 Å². The molecule has 0 aliphatic carbocycles. The molecule has 3 unspecified atom stereocenters. The van der Waals surface area contributed by atoms with Crippen LogP contribution in [-0.4, -0.2) is 89.5 Å². The fraction of sp³-hybridized carbons (Fsp3) is 0.567. The third-order valence-electron chi connectivity index (χ3n) is 8.96. The highest BCUT2D eigenvalue weighted by Crippen LogP contribution is 2.69. The Kier molecular flexibility index (Phi) is 8.29. The first-order valence-corrected chi connectivity index (χ1v) is 15.1. The highest BCUT2D eigenvalue weighted by atomic mass is 32.2. The number of amides is 2. The van der Waals surface area contributed by atoms with Gasteiger partial charge in [0.15, 0.2) is 0 Å². The number of hydrogen-bond donors (Lipinski definition) is 1. The van der Waals surface area contributed by atoms with Crippen LogP contribution in [-0.2, 0) is 25.8 Å². The molecule has 3 aliphatic rings. The minimum absolute atomic E-state index is 0.00749. The van der Waals surface area contributed by atoms with Gasteiger partial charge in [0.1, 0.15) is 18.2 Å². The quantitative estimate of drug-likeness (QED) is 0.231. The van der Waals surface area contributed by atoms with E-state index in [1.165, 1.54) is 0 Å². The summed E-state index contributed by atoms with van der Waals surface area (Å²) in [5.41, 5.74) is 1.50. The summed E-state index contributed by atoms with van der Waals surface area (Å²) < 4.78 is 6.44. The van der Waals surface area contributed by atoms with Crippen LogP contribution < -0.4 is 0 Å². The second-order valence-electron chi connectivity index (χ2n) is 11.6. The zero-order valence-electron chi connectivity index (χ0n) is 23.9. The van der Waals surface area contributed by atoms with Crippen LogP contribution >= 0.6 is 11.8 Å². The van der Waals surface area contributed by atoms with Gasteiger partial charge in [-0.3, -0.25) is 14.4 Å². The first-order valence-electron chi connectivity index (χ1n) is 14.3. The van der Waals surface area contributed by atoms with Crippen molar-refractivity contribution in [1.82, 2.24) is 24.8 Å². The van der Waals surface area contributed by atoms with E-state index in [1.54, 1.807) is 38.4 Å². The molecule has 1 aromatic heterocycles. The lowest BCUT2D eigenvalue weighted by atomic mass is 9.66. The van der Waals surface area contributed by atoms with Crippen molar-refractivity contribution in [1.29, 1.82) is 0 Å². The zero-order valence-corrected chi connectivity index (χ0v) is 24.7. The molecule has 10 nitrogen and oxygen atoms in total. The number of rotatable bonds is 12. The predicted molar refractivity (Wildman–Crippen MR) is 156 cm³/mol.